The average molecular weight is 243 g/mol. The van der Waals surface area contributed by atoms with E-state index in [1.165, 1.54) is 0 Å². The molecule has 0 bridgehead atoms. The lowest BCUT2D eigenvalue weighted by atomic mass is 9.99. The number of nitrogens with two attached hydrogens (primary N) is 1. The molecule has 3 heteroatoms. The summed E-state index contributed by atoms with van der Waals surface area (Å²) in [6.07, 6.45) is 0.462. The van der Waals surface area contributed by atoms with Crippen molar-refractivity contribution in [3.8, 4) is 11.5 Å². The molecule has 0 aliphatic rings. The molecule has 0 radical (unpaired) electrons. The number of anilines is 1. The molecule has 0 spiro atoms. The van der Waals surface area contributed by atoms with Crippen LogP contribution in [0.15, 0.2) is 30.3 Å². The van der Waals surface area contributed by atoms with Crippen LogP contribution in [-0.2, 0) is 6.42 Å². The van der Waals surface area contributed by atoms with Crippen LogP contribution in [0, 0.1) is 13.8 Å². The van der Waals surface area contributed by atoms with Crippen molar-refractivity contribution in [1.29, 1.82) is 0 Å². The molecule has 3 nitrogen and oxygen atoms in total. The first-order valence-corrected chi connectivity index (χ1v) is 5.85. The smallest absolute Gasteiger partial charge is 0.142 e. The second kappa shape index (κ2) is 4.61. The van der Waals surface area contributed by atoms with Crippen LogP contribution in [0.4, 0.5) is 5.69 Å². The first-order chi connectivity index (χ1) is 8.50. The quantitative estimate of drug-likeness (QED) is 0.561. The maximum Gasteiger partial charge on any atom is 0.142 e. The Kier molecular flexibility index (Phi) is 3.15. The molecule has 0 aromatic heterocycles. The largest absolute Gasteiger partial charge is 0.507 e. The highest BCUT2D eigenvalue weighted by atomic mass is 16.3. The highest BCUT2D eigenvalue weighted by Gasteiger charge is 2.11. The number of phenolic OH excluding ortho intramolecular Hbond substituents is 2. The van der Waals surface area contributed by atoms with E-state index in [4.69, 9.17) is 5.73 Å². The predicted molar refractivity (Wildman–Crippen MR) is 72.9 cm³/mol. The molecular formula is C15H17NO2. The highest BCUT2D eigenvalue weighted by Crippen LogP contribution is 2.32. The summed E-state index contributed by atoms with van der Waals surface area (Å²) in [5.41, 5.74) is 9.38. The molecule has 0 fully saturated rings. The summed E-state index contributed by atoms with van der Waals surface area (Å²) in [5.74, 6) is 0.381. The van der Waals surface area contributed by atoms with Gasteiger partial charge in [-0.2, -0.15) is 0 Å². The lowest BCUT2D eigenvalue weighted by molar-refractivity contribution is 0.461. The number of phenols is 2. The van der Waals surface area contributed by atoms with Crippen LogP contribution in [0.1, 0.15) is 22.3 Å². The van der Waals surface area contributed by atoms with Gasteiger partial charge in [-0.05, 0) is 30.5 Å². The zero-order chi connectivity index (χ0) is 13.3. The molecule has 0 heterocycles. The van der Waals surface area contributed by atoms with Gasteiger partial charge in [-0.3, -0.25) is 0 Å². The van der Waals surface area contributed by atoms with Gasteiger partial charge < -0.3 is 15.9 Å². The Morgan fingerprint density at radius 3 is 2.28 bits per heavy atom. The molecule has 0 atom stereocenters. The molecule has 0 saturated carbocycles. The van der Waals surface area contributed by atoms with Crippen LogP contribution in [-0.4, -0.2) is 10.2 Å². The molecule has 0 saturated heterocycles. The van der Waals surface area contributed by atoms with E-state index in [1.807, 2.05) is 44.2 Å². The Labute approximate surface area is 107 Å². The predicted octanol–water partition coefficient (Wildman–Crippen LogP) is 2.89. The number of para-hydroxylation sites is 1. The molecule has 0 amide bonds. The minimum Gasteiger partial charge on any atom is -0.507 e. The van der Waals surface area contributed by atoms with Gasteiger partial charge >= 0.3 is 0 Å². The van der Waals surface area contributed by atoms with Crippen molar-refractivity contribution in [3.63, 3.8) is 0 Å². The number of nitrogen functional groups attached to an aromatic ring is 1. The molecule has 0 unspecified atom stereocenters. The lowest BCUT2D eigenvalue weighted by Gasteiger charge is -2.11. The summed E-state index contributed by atoms with van der Waals surface area (Å²) in [6, 6.07) is 9.29. The number of rotatable bonds is 2. The van der Waals surface area contributed by atoms with E-state index in [2.05, 4.69) is 0 Å². The number of hydrogen-bond acceptors (Lipinski definition) is 3. The zero-order valence-electron chi connectivity index (χ0n) is 10.6. The molecule has 2 aromatic rings. The maximum atomic E-state index is 9.99. The lowest BCUT2D eigenvalue weighted by Crippen LogP contribution is -1.96. The minimum absolute atomic E-state index is 0.107. The second-order valence-corrected chi connectivity index (χ2v) is 4.56. The number of hydrogen-bond donors (Lipinski definition) is 3. The first-order valence-electron chi connectivity index (χ1n) is 5.85. The van der Waals surface area contributed by atoms with Crippen LogP contribution in [0.5, 0.6) is 11.5 Å². The van der Waals surface area contributed by atoms with Crippen LogP contribution in [0.25, 0.3) is 0 Å². The van der Waals surface area contributed by atoms with E-state index < -0.39 is 0 Å². The number of aromatic hydroxyl groups is 2. The van der Waals surface area contributed by atoms with Crippen molar-refractivity contribution in [3.05, 3.63) is 52.6 Å². The van der Waals surface area contributed by atoms with E-state index in [0.29, 0.717) is 12.1 Å². The van der Waals surface area contributed by atoms with Gasteiger partial charge in [0, 0.05) is 12.0 Å². The van der Waals surface area contributed by atoms with Gasteiger partial charge in [-0.1, -0.05) is 30.3 Å². The normalized spacial score (nSPS) is 10.6. The van der Waals surface area contributed by atoms with Gasteiger partial charge in [-0.15, -0.1) is 0 Å². The van der Waals surface area contributed by atoms with Crippen LogP contribution in [0.3, 0.4) is 0 Å². The fourth-order valence-corrected chi connectivity index (χ4v) is 1.96. The van der Waals surface area contributed by atoms with Crippen molar-refractivity contribution >= 4 is 5.69 Å². The van der Waals surface area contributed by atoms with E-state index in [9.17, 15) is 10.2 Å². The Bertz CT molecular complexity index is 591. The van der Waals surface area contributed by atoms with Crippen LogP contribution >= 0.6 is 0 Å². The van der Waals surface area contributed by atoms with Gasteiger partial charge in [0.1, 0.15) is 11.5 Å². The molecule has 0 aliphatic heterocycles. The zero-order valence-corrected chi connectivity index (χ0v) is 10.6. The standard InChI is InChI=1S/C15H17NO2/c1-9-6-7-12(15(18)13(9)16)8-11-5-3-4-10(2)14(11)17/h3-7,17-18H,8,16H2,1-2H3. The van der Waals surface area contributed by atoms with Gasteiger partial charge in [0.2, 0.25) is 0 Å². The van der Waals surface area contributed by atoms with Crippen LogP contribution < -0.4 is 5.73 Å². The fourth-order valence-electron chi connectivity index (χ4n) is 1.96. The number of aryl methyl sites for hydroxylation is 2. The summed E-state index contributed by atoms with van der Waals surface area (Å²) >= 11 is 0. The minimum atomic E-state index is 0.107. The van der Waals surface area contributed by atoms with E-state index in [0.717, 1.165) is 22.3 Å². The van der Waals surface area contributed by atoms with Crippen LogP contribution in [0.2, 0.25) is 0 Å². The Morgan fingerprint density at radius 2 is 1.56 bits per heavy atom. The second-order valence-electron chi connectivity index (χ2n) is 4.56. The maximum absolute atomic E-state index is 9.99. The van der Waals surface area contributed by atoms with E-state index in [-0.39, 0.29) is 11.5 Å². The van der Waals surface area contributed by atoms with Gasteiger partial charge in [-0.25, -0.2) is 0 Å². The fraction of sp³-hybridized carbons (Fsp3) is 0.200. The van der Waals surface area contributed by atoms with Crippen molar-refractivity contribution in [2.75, 3.05) is 5.73 Å². The molecule has 4 N–H and O–H groups in total. The summed E-state index contributed by atoms with van der Waals surface area (Å²) in [6.45, 7) is 3.70. The highest BCUT2D eigenvalue weighted by molar-refractivity contribution is 5.62. The number of benzene rings is 2. The molecule has 0 aliphatic carbocycles. The molecule has 94 valence electrons. The Morgan fingerprint density at radius 1 is 0.889 bits per heavy atom. The van der Waals surface area contributed by atoms with Crippen molar-refractivity contribution in [1.82, 2.24) is 0 Å². The van der Waals surface area contributed by atoms with Crippen molar-refractivity contribution in [2.24, 2.45) is 0 Å². The van der Waals surface area contributed by atoms with Gasteiger partial charge in [0.25, 0.3) is 0 Å². The van der Waals surface area contributed by atoms with Crippen molar-refractivity contribution < 1.29 is 10.2 Å². The summed E-state index contributed by atoms with van der Waals surface area (Å²) in [7, 11) is 0. The SMILES string of the molecule is Cc1ccc(Cc2cccc(C)c2O)c(O)c1N. The Hall–Kier alpha value is -2.16. The third kappa shape index (κ3) is 2.12. The van der Waals surface area contributed by atoms with Crippen molar-refractivity contribution in [2.45, 2.75) is 20.3 Å². The van der Waals surface area contributed by atoms with Gasteiger partial charge in [0.05, 0.1) is 5.69 Å². The summed E-state index contributed by atoms with van der Waals surface area (Å²) < 4.78 is 0. The first kappa shape index (κ1) is 12.3. The molecular weight excluding hydrogens is 226 g/mol. The molecule has 2 aromatic carbocycles. The molecule has 2 rings (SSSR count). The van der Waals surface area contributed by atoms with Gasteiger partial charge in [0.15, 0.2) is 0 Å². The van der Waals surface area contributed by atoms with E-state index >= 15 is 0 Å². The topological polar surface area (TPSA) is 66.5 Å². The third-order valence-corrected chi connectivity index (χ3v) is 3.22. The Balaban J connectivity index is 2.41. The monoisotopic (exact) mass is 243 g/mol. The average Bonchev–Trinajstić information content (AvgIpc) is 2.35. The summed E-state index contributed by atoms with van der Waals surface area (Å²) in [4.78, 5) is 0. The summed E-state index contributed by atoms with van der Waals surface area (Å²) in [5, 5.41) is 20.0. The molecule has 18 heavy (non-hydrogen) atoms. The van der Waals surface area contributed by atoms with E-state index in [1.54, 1.807) is 0 Å². The third-order valence-electron chi connectivity index (χ3n) is 3.22.